The highest BCUT2D eigenvalue weighted by molar-refractivity contribution is 7.89. The minimum Gasteiger partial charge on any atom is -0.494 e. The number of hydrogen-bond donors (Lipinski definition) is 1. The lowest BCUT2D eigenvalue weighted by Gasteiger charge is -2.27. The Bertz CT molecular complexity index is 1550. The van der Waals surface area contributed by atoms with E-state index in [1.165, 1.54) is 0 Å². The molecule has 13 heteroatoms. The van der Waals surface area contributed by atoms with Crippen molar-refractivity contribution in [3.8, 4) is 34.6 Å². The van der Waals surface area contributed by atoms with Gasteiger partial charge in [-0.05, 0) is 38.0 Å². The second kappa shape index (κ2) is 10.5. The predicted octanol–water partition coefficient (Wildman–Crippen LogP) is 2.80. The van der Waals surface area contributed by atoms with Gasteiger partial charge in [0.2, 0.25) is 15.9 Å². The molecule has 4 aromatic rings. The highest BCUT2D eigenvalue weighted by atomic mass is 32.2. The number of pyridine rings is 1. The number of rotatable bonds is 8. The van der Waals surface area contributed by atoms with Crippen molar-refractivity contribution in [3.63, 3.8) is 0 Å². The lowest BCUT2D eigenvalue weighted by atomic mass is 10.1. The molecule has 200 valence electrons. The summed E-state index contributed by atoms with van der Waals surface area (Å²) in [5.74, 6) is 1.91. The number of methoxy groups -OCH3 is 2. The van der Waals surface area contributed by atoms with Crippen LogP contribution in [0.3, 0.4) is 0 Å². The third kappa shape index (κ3) is 4.87. The fraction of sp³-hybridized carbons (Fsp3) is 0.360. The van der Waals surface area contributed by atoms with Crippen LogP contribution >= 0.6 is 0 Å². The minimum atomic E-state index is -3.72. The van der Waals surface area contributed by atoms with Crippen LogP contribution in [0.4, 0.5) is 0 Å². The molecule has 38 heavy (non-hydrogen) atoms. The molecule has 1 aliphatic heterocycles. The maximum absolute atomic E-state index is 12.0. The van der Waals surface area contributed by atoms with Crippen LogP contribution in [-0.4, -0.2) is 65.6 Å². The Kier molecular flexibility index (Phi) is 7.15. The van der Waals surface area contributed by atoms with Crippen molar-refractivity contribution < 1.29 is 27.4 Å². The predicted molar refractivity (Wildman–Crippen MR) is 139 cm³/mol. The fourth-order valence-electron chi connectivity index (χ4n) is 4.49. The average molecular weight is 541 g/mol. The van der Waals surface area contributed by atoms with Crippen LogP contribution in [0.2, 0.25) is 0 Å². The monoisotopic (exact) mass is 540 g/mol. The van der Waals surface area contributed by atoms with Gasteiger partial charge in [0.25, 0.3) is 0 Å². The standard InChI is InChI=1S/C25H28N6O6S/c1-4-36-21-10-5-7-16(28-21)24-30-23-25(31(24)22-18(34-2)8-6-9-19(22)35-3)29-17(14-27-23)20-13-15(11-12-37-20)38(26,32)33/h5-10,14-15,20H,4,11-13H2,1-3H3,(H2,26,32,33). The van der Waals surface area contributed by atoms with E-state index in [9.17, 15) is 8.42 Å². The van der Waals surface area contributed by atoms with Crippen LogP contribution in [0.5, 0.6) is 17.4 Å². The van der Waals surface area contributed by atoms with Crippen LogP contribution < -0.4 is 19.3 Å². The number of nitrogens with zero attached hydrogens (tertiary/aromatic N) is 5. The molecule has 0 amide bonds. The fourth-order valence-corrected chi connectivity index (χ4v) is 5.36. The SMILES string of the molecule is CCOc1cccc(-c2nc3ncc(C4CC(S(N)(=O)=O)CCO4)nc3n2-c2c(OC)cccc2OC)n1. The van der Waals surface area contributed by atoms with Crippen molar-refractivity contribution in [2.45, 2.75) is 31.1 Å². The molecule has 1 saturated heterocycles. The third-order valence-corrected chi connectivity index (χ3v) is 7.65. The maximum atomic E-state index is 12.0. The molecule has 2 N–H and O–H groups in total. The van der Waals surface area contributed by atoms with Gasteiger partial charge in [0.1, 0.15) is 29.0 Å². The zero-order valence-electron chi connectivity index (χ0n) is 21.2. The van der Waals surface area contributed by atoms with Crippen LogP contribution in [0.25, 0.3) is 28.5 Å². The smallest absolute Gasteiger partial charge is 0.213 e. The van der Waals surface area contributed by atoms with Gasteiger partial charge in [-0.1, -0.05) is 12.1 Å². The van der Waals surface area contributed by atoms with Crippen LogP contribution in [0.15, 0.2) is 42.6 Å². The summed E-state index contributed by atoms with van der Waals surface area (Å²) in [4.78, 5) is 18.8. The summed E-state index contributed by atoms with van der Waals surface area (Å²) in [5, 5.41) is 4.70. The molecule has 1 aromatic carbocycles. The molecule has 12 nitrogen and oxygen atoms in total. The van der Waals surface area contributed by atoms with Crippen LogP contribution in [0.1, 0.15) is 31.6 Å². The first-order chi connectivity index (χ1) is 18.3. The van der Waals surface area contributed by atoms with Crippen molar-refractivity contribution in [1.82, 2.24) is 24.5 Å². The molecule has 4 heterocycles. The van der Waals surface area contributed by atoms with Crippen molar-refractivity contribution >= 4 is 21.3 Å². The summed E-state index contributed by atoms with van der Waals surface area (Å²) in [5.41, 5.74) is 2.28. The molecule has 0 aliphatic carbocycles. The molecule has 2 unspecified atom stereocenters. The number of aromatic nitrogens is 5. The highest BCUT2D eigenvalue weighted by Crippen LogP contribution is 2.38. The Morgan fingerprint density at radius 3 is 2.50 bits per heavy atom. The van der Waals surface area contributed by atoms with E-state index in [4.69, 9.17) is 34.1 Å². The molecular formula is C25H28N6O6S. The van der Waals surface area contributed by atoms with E-state index in [1.807, 2.05) is 25.1 Å². The van der Waals surface area contributed by atoms with E-state index in [-0.39, 0.29) is 13.0 Å². The number of ether oxygens (including phenoxy) is 4. The van der Waals surface area contributed by atoms with Crippen LogP contribution in [0, 0.1) is 0 Å². The number of hydrogen-bond acceptors (Lipinski definition) is 10. The van der Waals surface area contributed by atoms with Gasteiger partial charge in [-0.15, -0.1) is 0 Å². The van der Waals surface area contributed by atoms with Crippen molar-refractivity contribution in [3.05, 3.63) is 48.3 Å². The summed E-state index contributed by atoms with van der Waals surface area (Å²) in [6.07, 6.45) is 1.45. The van der Waals surface area contributed by atoms with Crippen molar-refractivity contribution in [2.24, 2.45) is 5.14 Å². The summed E-state index contributed by atoms with van der Waals surface area (Å²) in [6.45, 7) is 2.58. The number of fused-ring (bicyclic) bond motifs is 1. The number of para-hydroxylation sites is 1. The molecule has 0 spiro atoms. The average Bonchev–Trinajstić information content (AvgIpc) is 3.31. The van der Waals surface area contributed by atoms with Crippen molar-refractivity contribution in [2.75, 3.05) is 27.4 Å². The Hall–Kier alpha value is -3.81. The normalized spacial score (nSPS) is 17.9. The Labute approximate surface area is 219 Å². The van der Waals surface area contributed by atoms with E-state index < -0.39 is 21.4 Å². The van der Waals surface area contributed by atoms with Gasteiger partial charge in [0, 0.05) is 12.7 Å². The highest BCUT2D eigenvalue weighted by Gasteiger charge is 2.33. The Balaban J connectivity index is 1.73. The molecule has 0 saturated carbocycles. The van der Waals surface area contributed by atoms with Crippen molar-refractivity contribution in [1.29, 1.82) is 0 Å². The molecule has 3 aromatic heterocycles. The van der Waals surface area contributed by atoms with E-state index in [1.54, 1.807) is 43.2 Å². The second-order valence-corrected chi connectivity index (χ2v) is 10.5. The molecule has 0 bridgehead atoms. The largest absolute Gasteiger partial charge is 0.494 e. The second-order valence-electron chi connectivity index (χ2n) is 8.61. The molecule has 1 aliphatic rings. The van der Waals surface area contributed by atoms with E-state index in [0.29, 0.717) is 64.6 Å². The molecule has 0 radical (unpaired) electrons. The molecule has 5 rings (SSSR count). The first-order valence-corrected chi connectivity index (χ1v) is 13.6. The Morgan fingerprint density at radius 2 is 1.82 bits per heavy atom. The van der Waals surface area contributed by atoms with Gasteiger partial charge in [-0.2, -0.15) is 0 Å². The van der Waals surface area contributed by atoms with E-state index in [0.717, 1.165) is 0 Å². The number of imidazole rings is 1. The van der Waals surface area contributed by atoms with E-state index in [2.05, 4.69) is 9.97 Å². The Morgan fingerprint density at radius 1 is 1.08 bits per heavy atom. The summed E-state index contributed by atoms with van der Waals surface area (Å²) in [6, 6.07) is 10.8. The van der Waals surface area contributed by atoms with Gasteiger partial charge < -0.3 is 18.9 Å². The molecule has 2 atom stereocenters. The van der Waals surface area contributed by atoms with Gasteiger partial charge in [-0.3, -0.25) is 4.57 Å². The topological polar surface area (TPSA) is 154 Å². The summed E-state index contributed by atoms with van der Waals surface area (Å²) in [7, 11) is -0.596. The number of benzene rings is 1. The zero-order valence-corrected chi connectivity index (χ0v) is 22.0. The van der Waals surface area contributed by atoms with E-state index >= 15 is 0 Å². The third-order valence-electron chi connectivity index (χ3n) is 6.29. The number of sulfonamides is 1. The quantitative estimate of drug-likeness (QED) is 0.353. The van der Waals surface area contributed by atoms with Crippen LogP contribution in [-0.2, 0) is 14.8 Å². The number of nitrogens with two attached hydrogens (primary N) is 1. The molecule has 1 fully saturated rings. The van der Waals surface area contributed by atoms with Gasteiger partial charge in [0.15, 0.2) is 17.1 Å². The minimum absolute atomic E-state index is 0.177. The first kappa shape index (κ1) is 25.8. The summed E-state index contributed by atoms with van der Waals surface area (Å²) < 4.78 is 48.7. The number of primary sulfonamides is 1. The zero-order chi connectivity index (χ0) is 26.9. The van der Waals surface area contributed by atoms with Gasteiger partial charge >= 0.3 is 0 Å². The lowest BCUT2D eigenvalue weighted by Crippen LogP contribution is -2.35. The lowest BCUT2D eigenvalue weighted by molar-refractivity contribution is 0.0139. The maximum Gasteiger partial charge on any atom is 0.213 e. The molecular weight excluding hydrogens is 512 g/mol. The van der Waals surface area contributed by atoms with Gasteiger partial charge in [-0.25, -0.2) is 33.5 Å². The summed E-state index contributed by atoms with van der Waals surface area (Å²) >= 11 is 0. The van der Waals surface area contributed by atoms with Gasteiger partial charge in [0.05, 0.1) is 38.0 Å². The first-order valence-electron chi connectivity index (χ1n) is 12.0.